The predicted molar refractivity (Wildman–Crippen MR) is 221 cm³/mol. The normalized spacial score (nSPS) is 31.8. The largest absolute Gasteiger partial charge is 0.457 e. The molecule has 320 valence electrons. The minimum atomic E-state index is -2.35. The number of aliphatic hydroxyl groups excluding tert-OH is 2. The van der Waals surface area contributed by atoms with E-state index in [-0.39, 0.29) is 53.6 Å². The number of ether oxygens (including phenoxy) is 3. The zero-order chi connectivity index (χ0) is 42.7. The molecule has 2 heterocycles. The Balaban J connectivity index is 2.33. The Kier molecular flexibility index (Phi) is 16.9. The molecule has 0 aromatic carbocycles. The van der Waals surface area contributed by atoms with E-state index in [1.54, 1.807) is 26.0 Å². The summed E-state index contributed by atoms with van der Waals surface area (Å²) in [5.41, 5.74) is -2.71. The first kappa shape index (κ1) is 49.7. The lowest BCUT2D eigenvalue weighted by Crippen LogP contribution is -2.48. The van der Waals surface area contributed by atoms with Crippen molar-refractivity contribution in [3.05, 3.63) is 23.8 Å². The molecule has 0 aliphatic carbocycles. The summed E-state index contributed by atoms with van der Waals surface area (Å²) in [6.07, 6.45) is 0.144. The maximum absolute atomic E-state index is 13.6. The van der Waals surface area contributed by atoms with Crippen molar-refractivity contribution in [2.75, 3.05) is 0 Å². The molecular weight excluding hydrogens is 737 g/mol. The molecule has 12 atom stereocenters. The molecule has 0 radical (unpaired) electrons. The molecule has 2 rings (SSSR count). The fourth-order valence-corrected chi connectivity index (χ4v) is 9.66. The van der Waals surface area contributed by atoms with Crippen molar-refractivity contribution in [3.63, 3.8) is 0 Å². The van der Waals surface area contributed by atoms with Gasteiger partial charge in [-0.1, -0.05) is 74.5 Å². The molecule has 2 aliphatic rings. The molecule has 0 amide bonds. The Morgan fingerprint density at radius 1 is 1.04 bits per heavy atom. The summed E-state index contributed by atoms with van der Waals surface area (Å²) in [5, 5.41) is 45.6. The van der Waals surface area contributed by atoms with Crippen LogP contribution in [0.2, 0.25) is 36.3 Å². The molecule has 2 aliphatic heterocycles. The molecule has 2 unspecified atom stereocenters. The summed E-state index contributed by atoms with van der Waals surface area (Å²) in [7, 11) is -4.37. The standard InChI is InChI=1S/C42H78O11Si2/c1-18-32(53-55(16,17)40(9,10)11)28(4)37-33(50-37)25-42(13,48)38(46)31(44)23-27(3)36-26(2)19-20-34(49-29(5)43)41(12,47)22-21-30(24-35(45)51-36)52-54(14,15)39(6,7)8/h19-20,23,26,28,30-34,36-38,44,46-48H,18,21-22,24-25H2,1-17H3/b20-19+,27-23+/t26-,28+,30+,31?,32-,33+,34-,36-,37+,38?,41+,42+/m0/s1. The Hall–Kier alpha value is -1.43. The van der Waals surface area contributed by atoms with E-state index in [0.29, 0.717) is 12.0 Å². The maximum atomic E-state index is 13.6. The number of rotatable bonds is 14. The average molecular weight is 815 g/mol. The first-order valence-corrected chi connectivity index (χ1v) is 26.1. The van der Waals surface area contributed by atoms with Crippen molar-refractivity contribution in [1.82, 2.24) is 0 Å². The van der Waals surface area contributed by atoms with Crippen molar-refractivity contribution in [2.45, 2.75) is 218 Å². The molecule has 0 spiro atoms. The summed E-state index contributed by atoms with van der Waals surface area (Å²) in [5.74, 6) is -1.48. The maximum Gasteiger partial charge on any atom is 0.308 e. The van der Waals surface area contributed by atoms with Gasteiger partial charge in [-0.3, -0.25) is 9.59 Å². The second-order valence-corrected chi connectivity index (χ2v) is 29.5. The highest BCUT2D eigenvalue weighted by molar-refractivity contribution is 6.74. The smallest absolute Gasteiger partial charge is 0.308 e. The van der Waals surface area contributed by atoms with E-state index in [1.165, 1.54) is 19.9 Å². The van der Waals surface area contributed by atoms with E-state index < -0.39 is 76.2 Å². The minimum absolute atomic E-state index is 0.00374. The van der Waals surface area contributed by atoms with Gasteiger partial charge in [0.15, 0.2) is 16.6 Å². The van der Waals surface area contributed by atoms with Gasteiger partial charge in [-0.15, -0.1) is 0 Å². The molecule has 0 aromatic rings. The molecule has 0 aromatic heterocycles. The fourth-order valence-electron chi connectivity index (χ4n) is 6.78. The van der Waals surface area contributed by atoms with Crippen molar-refractivity contribution in [2.24, 2.45) is 11.8 Å². The number of carbonyl (C=O) groups excluding carboxylic acids is 2. The summed E-state index contributed by atoms with van der Waals surface area (Å²) in [4.78, 5) is 25.7. The third-order valence-corrected chi connectivity index (χ3v) is 21.7. The van der Waals surface area contributed by atoms with Gasteiger partial charge in [0.1, 0.15) is 30.0 Å². The number of hydrogen-bond donors (Lipinski definition) is 4. The lowest BCUT2D eigenvalue weighted by Gasteiger charge is -2.40. The minimum Gasteiger partial charge on any atom is -0.457 e. The van der Waals surface area contributed by atoms with Crippen molar-refractivity contribution in [3.8, 4) is 0 Å². The third-order valence-electron chi connectivity index (χ3n) is 12.7. The molecule has 4 N–H and O–H groups in total. The van der Waals surface area contributed by atoms with Gasteiger partial charge in [0.2, 0.25) is 0 Å². The quantitative estimate of drug-likeness (QED) is 0.0600. The molecule has 13 heteroatoms. The Labute approximate surface area is 334 Å². The van der Waals surface area contributed by atoms with E-state index in [9.17, 15) is 30.0 Å². The van der Waals surface area contributed by atoms with E-state index in [1.807, 2.05) is 6.92 Å². The highest BCUT2D eigenvalue weighted by Gasteiger charge is 2.52. The fraction of sp³-hybridized carbons (Fsp3) is 0.857. The number of hydrogen-bond acceptors (Lipinski definition) is 11. The second kappa shape index (κ2) is 18.7. The van der Waals surface area contributed by atoms with Crippen LogP contribution in [0.15, 0.2) is 23.8 Å². The summed E-state index contributed by atoms with van der Waals surface area (Å²) in [6, 6.07) is 0. The second-order valence-electron chi connectivity index (χ2n) is 20.0. The van der Waals surface area contributed by atoms with Crippen LogP contribution in [0.1, 0.15) is 122 Å². The first-order chi connectivity index (χ1) is 24.8. The van der Waals surface area contributed by atoms with Gasteiger partial charge in [0, 0.05) is 31.3 Å². The van der Waals surface area contributed by atoms with Crippen LogP contribution in [0.4, 0.5) is 0 Å². The molecule has 0 bridgehead atoms. The van der Waals surface area contributed by atoms with Crippen LogP contribution < -0.4 is 0 Å². The van der Waals surface area contributed by atoms with E-state index in [2.05, 4.69) is 81.6 Å². The van der Waals surface area contributed by atoms with E-state index >= 15 is 0 Å². The van der Waals surface area contributed by atoms with Crippen LogP contribution in [0, 0.1) is 11.8 Å². The highest BCUT2D eigenvalue weighted by atomic mass is 28.4. The lowest BCUT2D eigenvalue weighted by atomic mass is 9.85. The molecular formula is C42H78O11Si2. The number of aliphatic hydroxyl groups is 4. The summed E-state index contributed by atoms with van der Waals surface area (Å²) >= 11 is 0. The Bertz CT molecular complexity index is 1340. The first-order valence-electron chi connectivity index (χ1n) is 20.3. The zero-order valence-electron chi connectivity index (χ0n) is 37.2. The van der Waals surface area contributed by atoms with Gasteiger partial charge in [-0.2, -0.15) is 0 Å². The summed E-state index contributed by atoms with van der Waals surface area (Å²) < 4.78 is 31.1. The highest BCUT2D eigenvalue weighted by Crippen LogP contribution is 2.43. The molecule has 0 saturated carbocycles. The van der Waals surface area contributed by atoms with Crippen LogP contribution in [0.3, 0.4) is 0 Å². The topological polar surface area (TPSA) is 165 Å². The SMILES string of the molecule is CC[C@H](O[Si](C)(C)C(C)(C)C)[C@@H](C)[C@H]1O[C@@H]1C[C@@](C)(O)C(O)C(O)/C=C(\C)[C@H]1OC(=O)C[C@H](O[Si](C)(C)C(C)(C)C)CC[C@@](C)(O)[C@@H](OC(C)=O)/C=C/[C@@H]1C. The van der Waals surface area contributed by atoms with Gasteiger partial charge >= 0.3 is 11.9 Å². The molecule has 55 heavy (non-hydrogen) atoms. The van der Waals surface area contributed by atoms with Crippen LogP contribution in [0.25, 0.3) is 0 Å². The van der Waals surface area contributed by atoms with Crippen molar-refractivity contribution in [1.29, 1.82) is 0 Å². The number of carbonyl (C=O) groups is 2. The Morgan fingerprint density at radius 3 is 2.11 bits per heavy atom. The van der Waals surface area contributed by atoms with Crippen LogP contribution >= 0.6 is 0 Å². The lowest BCUT2D eigenvalue weighted by molar-refractivity contribution is -0.157. The third kappa shape index (κ3) is 13.8. The van der Waals surface area contributed by atoms with Gasteiger partial charge in [0.05, 0.1) is 30.3 Å². The van der Waals surface area contributed by atoms with E-state index in [4.69, 9.17) is 23.1 Å². The van der Waals surface area contributed by atoms with Gasteiger partial charge in [0.25, 0.3) is 0 Å². The van der Waals surface area contributed by atoms with Crippen LogP contribution in [-0.4, -0.2) is 109 Å². The monoisotopic (exact) mass is 815 g/mol. The van der Waals surface area contributed by atoms with Crippen molar-refractivity contribution < 1.29 is 53.1 Å². The van der Waals surface area contributed by atoms with Gasteiger partial charge in [-0.05, 0) is 87.9 Å². The number of esters is 2. The molecule has 1 saturated heterocycles. The summed E-state index contributed by atoms with van der Waals surface area (Å²) in [6.45, 7) is 33.7. The average Bonchev–Trinajstić information content (AvgIpc) is 3.78. The predicted octanol–water partition coefficient (Wildman–Crippen LogP) is 7.36. The number of cyclic esters (lactones) is 1. The van der Waals surface area contributed by atoms with Gasteiger partial charge in [-0.25, -0.2) is 0 Å². The molecule has 11 nitrogen and oxygen atoms in total. The zero-order valence-corrected chi connectivity index (χ0v) is 39.2. The Morgan fingerprint density at radius 2 is 1.60 bits per heavy atom. The van der Waals surface area contributed by atoms with Gasteiger partial charge < -0.3 is 43.5 Å². The number of epoxide rings is 1. The molecule has 1 fully saturated rings. The van der Waals surface area contributed by atoms with Crippen molar-refractivity contribution >= 4 is 28.6 Å². The van der Waals surface area contributed by atoms with Crippen LogP contribution in [0.5, 0.6) is 0 Å². The van der Waals surface area contributed by atoms with E-state index in [0.717, 1.165) is 6.42 Å². The van der Waals surface area contributed by atoms with Crippen LogP contribution in [-0.2, 0) is 32.7 Å².